The monoisotopic (exact) mass is 319 g/mol. The molecule has 1 aromatic carbocycles. The van der Waals surface area contributed by atoms with Gasteiger partial charge in [0, 0.05) is 22.8 Å². The van der Waals surface area contributed by atoms with E-state index in [0.717, 1.165) is 7.11 Å². The Morgan fingerprint density at radius 1 is 1.37 bits per heavy atom. The van der Waals surface area contributed by atoms with Crippen LogP contribution in [0.5, 0.6) is 5.75 Å². The molecule has 1 rings (SSSR count). The third kappa shape index (κ3) is 3.26. The summed E-state index contributed by atoms with van der Waals surface area (Å²) >= 11 is 0. The van der Waals surface area contributed by atoms with E-state index in [-0.39, 0.29) is 6.07 Å². The van der Waals surface area contributed by atoms with Crippen LogP contribution in [0.1, 0.15) is 5.56 Å². The molecule has 0 aromatic heterocycles. The maximum absolute atomic E-state index is 12.7. The molecule has 0 heterocycles. The van der Waals surface area contributed by atoms with Gasteiger partial charge in [0.15, 0.2) is 5.75 Å². The average Bonchev–Trinajstić information content (AvgIpc) is 2.24. The molecule has 1 aromatic rings. The lowest BCUT2D eigenvalue weighted by atomic mass is 10.1. The minimum Gasteiger partial charge on any atom is -0.495 e. The zero-order chi connectivity index (χ0) is 15.0. The molecule has 0 bridgehead atoms. The third-order valence-electron chi connectivity index (χ3n) is 2.02. The number of non-ortho nitro benzene ring substituents is 1. The number of nitro groups is 1. The van der Waals surface area contributed by atoms with Gasteiger partial charge in [-0.05, 0) is 0 Å². The fraction of sp³-hybridized carbons (Fsp3) is 0.250. The molecule has 0 saturated carbocycles. The lowest BCUT2D eigenvalue weighted by molar-refractivity contribution is -0.385. The second-order valence-electron chi connectivity index (χ2n) is 3.22. The summed E-state index contributed by atoms with van der Waals surface area (Å²) in [4.78, 5) is 8.24. The van der Waals surface area contributed by atoms with Crippen LogP contribution in [-0.2, 0) is 15.2 Å². The summed E-state index contributed by atoms with van der Waals surface area (Å²) < 4.78 is 64.8. The highest BCUT2D eigenvalue weighted by atomic mass is 35.7. The molecule has 0 aliphatic heterocycles. The van der Waals surface area contributed by atoms with E-state index in [1.165, 1.54) is 0 Å². The fourth-order valence-corrected chi connectivity index (χ4v) is 2.32. The minimum atomic E-state index is -5.03. The van der Waals surface area contributed by atoms with E-state index in [1.807, 2.05) is 0 Å². The number of rotatable bonds is 3. The van der Waals surface area contributed by atoms with Crippen molar-refractivity contribution in [2.45, 2.75) is 11.1 Å². The van der Waals surface area contributed by atoms with Crippen molar-refractivity contribution in [1.82, 2.24) is 0 Å². The van der Waals surface area contributed by atoms with Gasteiger partial charge < -0.3 is 4.74 Å². The first kappa shape index (κ1) is 15.5. The SMILES string of the molecule is COc1c(C(F)(F)F)cc([N+](=O)[O-])cc1S(=O)(=O)Cl. The first-order valence-corrected chi connectivity index (χ1v) is 6.67. The van der Waals surface area contributed by atoms with Crippen LogP contribution in [0.15, 0.2) is 17.0 Å². The number of hydrogen-bond donors (Lipinski definition) is 0. The maximum Gasteiger partial charge on any atom is 0.420 e. The summed E-state index contributed by atoms with van der Waals surface area (Å²) in [5.74, 6) is -1.09. The van der Waals surface area contributed by atoms with Gasteiger partial charge in [-0.15, -0.1) is 0 Å². The van der Waals surface area contributed by atoms with Gasteiger partial charge >= 0.3 is 6.18 Å². The van der Waals surface area contributed by atoms with Crippen molar-refractivity contribution < 1.29 is 31.2 Å². The first-order chi connectivity index (χ1) is 8.48. The van der Waals surface area contributed by atoms with Crippen LogP contribution < -0.4 is 4.74 Å². The molecule has 0 aliphatic carbocycles. The highest BCUT2D eigenvalue weighted by molar-refractivity contribution is 8.13. The van der Waals surface area contributed by atoms with Crippen molar-refractivity contribution in [3.63, 3.8) is 0 Å². The highest BCUT2D eigenvalue weighted by Crippen LogP contribution is 2.43. The van der Waals surface area contributed by atoms with E-state index in [1.54, 1.807) is 0 Å². The van der Waals surface area contributed by atoms with Crippen molar-refractivity contribution in [1.29, 1.82) is 0 Å². The van der Waals surface area contributed by atoms with E-state index in [0.29, 0.717) is 6.07 Å². The third-order valence-corrected chi connectivity index (χ3v) is 3.35. The molecule has 11 heteroatoms. The van der Waals surface area contributed by atoms with Gasteiger partial charge in [-0.3, -0.25) is 10.1 Å². The van der Waals surface area contributed by atoms with E-state index in [4.69, 9.17) is 10.7 Å². The summed E-state index contributed by atoms with van der Waals surface area (Å²) in [5.41, 5.74) is -2.66. The molecule has 0 amide bonds. The molecule has 106 valence electrons. The molecule has 6 nitrogen and oxygen atoms in total. The highest BCUT2D eigenvalue weighted by Gasteiger charge is 2.39. The molecule has 0 saturated heterocycles. The van der Waals surface area contributed by atoms with Crippen LogP contribution in [0, 0.1) is 10.1 Å². The standard InChI is InChI=1S/C8H5ClF3NO5S/c1-18-7-5(8(10,11)12)2-4(13(14)15)3-6(7)19(9,16)17/h2-3H,1H3. The Kier molecular flexibility index (Phi) is 3.96. The van der Waals surface area contributed by atoms with Crippen molar-refractivity contribution >= 4 is 25.4 Å². The number of alkyl halides is 3. The molecule has 0 atom stereocenters. The lowest BCUT2D eigenvalue weighted by Crippen LogP contribution is -2.11. The topological polar surface area (TPSA) is 86.5 Å². The fourth-order valence-electron chi connectivity index (χ4n) is 1.30. The Morgan fingerprint density at radius 3 is 2.21 bits per heavy atom. The predicted molar refractivity (Wildman–Crippen MR) is 57.7 cm³/mol. The van der Waals surface area contributed by atoms with Crippen molar-refractivity contribution in [3.8, 4) is 5.75 Å². The molecular formula is C8H5ClF3NO5S. The largest absolute Gasteiger partial charge is 0.495 e. The van der Waals surface area contributed by atoms with Crippen LogP contribution in [0.3, 0.4) is 0 Å². The van der Waals surface area contributed by atoms with Gasteiger partial charge in [0.05, 0.1) is 12.0 Å². The Morgan fingerprint density at radius 2 is 1.89 bits per heavy atom. The van der Waals surface area contributed by atoms with E-state index in [9.17, 15) is 31.7 Å². The summed E-state index contributed by atoms with van der Waals surface area (Å²) in [6.07, 6.45) is -5.03. The van der Waals surface area contributed by atoms with Crippen molar-refractivity contribution in [2.75, 3.05) is 7.11 Å². The van der Waals surface area contributed by atoms with Crippen LogP contribution in [0.2, 0.25) is 0 Å². The zero-order valence-electron chi connectivity index (χ0n) is 9.06. The Hall–Kier alpha value is -1.55. The van der Waals surface area contributed by atoms with Gasteiger partial charge in [0.1, 0.15) is 10.5 Å². The Balaban J connectivity index is 3.82. The van der Waals surface area contributed by atoms with Crippen LogP contribution in [-0.4, -0.2) is 20.5 Å². The van der Waals surface area contributed by atoms with Gasteiger partial charge in [-0.1, -0.05) is 0 Å². The normalized spacial score (nSPS) is 12.3. The number of nitro benzene ring substituents is 1. The van der Waals surface area contributed by atoms with Crippen LogP contribution in [0.25, 0.3) is 0 Å². The van der Waals surface area contributed by atoms with E-state index >= 15 is 0 Å². The summed E-state index contributed by atoms with van der Waals surface area (Å²) in [5, 5.41) is 10.5. The molecule has 0 spiro atoms. The summed E-state index contributed by atoms with van der Waals surface area (Å²) in [6, 6.07) is 0.570. The van der Waals surface area contributed by atoms with Gasteiger partial charge in [-0.2, -0.15) is 13.2 Å². The number of halogens is 4. The molecule has 0 unspecified atom stereocenters. The van der Waals surface area contributed by atoms with Crippen molar-refractivity contribution in [3.05, 3.63) is 27.8 Å². The molecule has 0 aliphatic rings. The number of ether oxygens (including phenoxy) is 1. The van der Waals surface area contributed by atoms with Gasteiger partial charge in [0.25, 0.3) is 14.7 Å². The predicted octanol–water partition coefficient (Wildman–Crippen LogP) is 2.55. The molecular weight excluding hydrogens is 315 g/mol. The number of benzene rings is 1. The second kappa shape index (κ2) is 4.85. The van der Waals surface area contributed by atoms with Crippen LogP contribution >= 0.6 is 10.7 Å². The second-order valence-corrected chi connectivity index (χ2v) is 5.75. The average molecular weight is 320 g/mol. The number of methoxy groups -OCH3 is 1. The molecule has 19 heavy (non-hydrogen) atoms. The smallest absolute Gasteiger partial charge is 0.420 e. The Labute approximate surface area is 109 Å². The number of hydrogen-bond acceptors (Lipinski definition) is 5. The maximum atomic E-state index is 12.7. The summed E-state index contributed by atoms with van der Waals surface area (Å²) in [7, 11) is 1.10. The van der Waals surface area contributed by atoms with Gasteiger partial charge in [0.2, 0.25) is 0 Å². The quantitative estimate of drug-likeness (QED) is 0.485. The summed E-state index contributed by atoms with van der Waals surface area (Å²) in [6.45, 7) is 0. The molecule has 0 radical (unpaired) electrons. The Bertz CT molecular complexity index is 628. The van der Waals surface area contributed by atoms with E-state index < -0.39 is 42.0 Å². The van der Waals surface area contributed by atoms with Gasteiger partial charge in [-0.25, -0.2) is 8.42 Å². The van der Waals surface area contributed by atoms with Crippen LogP contribution in [0.4, 0.5) is 18.9 Å². The van der Waals surface area contributed by atoms with E-state index in [2.05, 4.69) is 4.74 Å². The molecule has 0 N–H and O–H groups in total. The minimum absolute atomic E-state index is 0.171. The number of nitrogens with zero attached hydrogens (tertiary/aromatic N) is 1. The lowest BCUT2D eigenvalue weighted by Gasteiger charge is -2.14. The first-order valence-electron chi connectivity index (χ1n) is 4.36. The van der Waals surface area contributed by atoms with Crippen molar-refractivity contribution in [2.24, 2.45) is 0 Å². The molecule has 0 fully saturated rings. The zero-order valence-corrected chi connectivity index (χ0v) is 10.6.